The van der Waals surface area contributed by atoms with E-state index in [-0.39, 0.29) is 11.4 Å². The minimum absolute atomic E-state index is 0.137. The predicted molar refractivity (Wildman–Crippen MR) is 97.7 cm³/mol. The molecule has 1 amide bonds. The topological polar surface area (TPSA) is 45.2 Å². The summed E-state index contributed by atoms with van der Waals surface area (Å²) in [5.74, 6) is -0.923. The smallest absolute Gasteiger partial charge is 0.274 e. The van der Waals surface area contributed by atoms with Gasteiger partial charge >= 0.3 is 0 Å². The fourth-order valence-corrected chi connectivity index (χ4v) is 2.55. The minimum Gasteiger partial charge on any atom is -0.341 e. The van der Waals surface area contributed by atoms with E-state index in [9.17, 15) is 9.18 Å². The Hall–Kier alpha value is -3.21. The van der Waals surface area contributed by atoms with Gasteiger partial charge in [-0.3, -0.25) is 4.79 Å². The summed E-state index contributed by atoms with van der Waals surface area (Å²) in [5, 5.41) is 2.53. The predicted octanol–water partition coefficient (Wildman–Crippen LogP) is 4.63. The number of hydrogen-bond acceptors (Lipinski definition) is 3. The largest absolute Gasteiger partial charge is 0.341 e. The molecule has 5 heteroatoms. The fraction of sp³-hybridized carbons (Fsp3) is 0.100. The number of carbonyl (C=O) groups is 1. The van der Waals surface area contributed by atoms with Crippen molar-refractivity contribution in [1.82, 2.24) is 4.98 Å². The molecule has 0 spiro atoms. The van der Waals surface area contributed by atoms with Gasteiger partial charge in [-0.15, -0.1) is 0 Å². The van der Waals surface area contributed by atoms with Gasteiger partial charge in [0.25, 0.3) is 5.91 Å². The van der Waals surface area contributed by atoms with Gasteiger partial charge in [0.2, 0.25) is 0 Å². The van der Waals surface area contributed by atoms with Crippen molar-refractivity contribution in [3.8, 4) is 0 Å². The molecule has 126 valence electrons. The van der Waals surface area contributed by atoms with Gasteiger partial charge in [-0.05, 0) is 43.3 Å². The molecule has 0 saturated heterocycles. The van der Waals surface area contributed by atoms with Gasteiger partial charge in [0.1, 0.15) is 11.5 Å². The number of anilines is 3. The normalized spacial score (nSPS) is 10.3. The van der Waals surface area contributed by atoms with Crippen LogP contribution < -0.4 is 10.2 Å². The van der Waals surface area contributed by atoms with Crippen LogP contribution in [0.1, 0.15) is 17.4 Å². The number of para-hydroxylation sites is 2. The Morgan fingerprint density at radius 3 is 2.36 bits per heavy atom. The van der Waals surface area contributed by atoms with Crippen molar-refractivity contribution in [1.29, 1.82) is 0 Å². The molecule has 0 aliphatic heterocycles. The highest BCUT2D eigenvalue weighted by atomic mass is 19.1. The molecule has 0 unspecified atom stereocenters. The number of rotatable bonds is 5. The first-order valence-electron chi connectivity index (χ1n) is 8.03. The minimum atomic E-state index is -0.478. The Kier molecular flexibility index (Phi) is 5.04. The quantitative estimate of drug-likeness (QED) is 0.739. The molecular weight excluding hydrogens is 317 g/mol. The van der Waals surface area contributed by atoms with Crippen LogP contribution in [0.2, 0.25) is 0 Å². The average Bonchev–Trinajstić information content (AvgIpc) is 2.66. The molecule has 0 bridgehead atoms. The Balaban J connectivity index is 1.77. The summed E-state index contributed by atoms with van der Waals surface area (Å²) in [6.45, 7) is 2.82. The standard InChI is InChI=1S/C20H18FN3O/c1-2-24(15-8-4-3-5-9-15)16-12-13-19(22-14-16)20(25)23-18-11-7-6-10-17(18)21/h3-14H,2H2,1H3,(H,23,25). The van der Waals surface area contributed by atoms with Crippen LogP contribution in [0, 0.1) is 5.82 Å². The number of nitrogens with one attached hydrogen (secondary N) is 1. The zero-order valence-electron chi connectivity index (χ0n) is 13.8. The second kappa shape index (κ2) is 7.57. The zero-order valence-corrected chi connectivity index (χ0v) is 13.8. The number of aromatic nitrogens is 1. The summed E-state index contributed by atoms with van der Waals surface area (Å²) in [5.41, 5.74) is 2.31. The van der Waals surface area contributed by atoms with Crippen LogP contribution in [0.25, 0.3) is 0 Å². The second-order valence-corrected chi connectivity index (χ2v) is 5.42. The van der Waals surface area contributed by atoms with E-state index in [0.717, 1.165) is 17.9 Å². The average molecular weight is 335 g/mol. The monoisotopic (exact) mass is 335 g/mol. The number of hydrogen-bond donors (Lipinski definition) is 1. The lowest BCUT2D eigenvalue weighted by molar-refractivity contribution is 0.102. The highest BCUT2D eigenvalue weighted by Gasteiger charge is 2.12. The fourth-order valence-electron chi connectivity index (χ4n) is 2.55. The van der Waals surface area contributed by atoms with Crippen LogP contribution in [-0.2, 0) is 0 Å². The third-order valence-electron chi connectivity index (χ3n) is 3.80. The molecule has 0 aliphatic carbocycles. The van der Waals surface area contributed by atoms with E-state index >= 15 is 0 Å². The Labute approximate surface area is 145 Å². The van der Waals surface area contributed by atoms with Crippen molar-refractivity contribution in [2.24, 2.45) is 0 Å². The van der Waals surface area contributed by atoms with Crippen LogP contribution in [0.3, 0.4) is 0 Å². The number of carbonyl (C=O) groups excluding carboxylic acids is 1. The number of nitrogens with zero attached hydrogens (tertiary/aromatic N) is 2. The number of pyridine rings is 1. The van der Waals surface area contributed by atoms with Crippen LogP contribution in [0.15, 0.2) is 72.9 Å². The van der Waals surface area contributed by atoms with Crippen molar-refractivity contribution >= 4 is 23.0 Å². The van der Waals surface area contributed by atoms with E-state index in [2.05, 4.69) is 15.2 Å². The summed E-state index contributed by atoms with van der Waals surface area (Å²) in [7, 11) is 0. The van der Waals surface area contributed by atoms with Gasteiger partial charge in [0.15, 0.2) is 0 Å². The third-order valence-corrected chi connectivity index (χ3v) is 3.80. The summed E-state index contributed by atoms with van der Waals surface area (Å²) < 4.78 is 13.6. The number of halogens is 1. The van der Waals surface area contributed by atoms with Gasteiger partial charge in [-0.25, -0.2) is 9.37 Å². The maximum atomic E-state index is 13.6. The molecule has 0 fully saturated rings. The SMILES string of the molecule is CCN(c1ccccc1)c1ccc(C(=O)Nc2ccccc2F)nc1. The van der Waals surface area contributed by atoms with Crippen molar-refractivity contribution in [3.05, 3.63) is 84.4 Å². The molecule has 3 aromatic rings. The van der Waals surface area contributed by atoms with Crippen LogP contribution in [0.5, 0.6) is 0 Å². The Morgan fingerprint density at radius 1 is 1.00 bits per heavy atom. The van der Waals surface area contributed by atoms with Crippen molar-refractivity contribution in [2.75, 3.05) is 16.8 Å². The molecular formula is C20H18FN3O. The Bertz CT molecular complexity index is 850. The second-order valence-electron chi connectivity index (χ2n) is 5.42. The third kappa shape index (κ3) is 3.83. The lowest BCUT2D eigenvalue weighted by Gasteiger charge is -2.22. The molecule has 3 rings (SSSR count). The molecule has 1 N–H and O–H groups in total. The van der Waals surface area contributed by atoms with E-state index in [4.69, 9.17) is 0 Å². The molecule has 2 aromatic carbocycles. The lowest BCUT2D eigenvalue weighted by Crippen LogP contribution is -2.18. The lowest BCUT2D eigenvalue weighted by atomic mass is 10.2. The molecule has 25 heavy (non-hydrogen) atoms. The van der Waals surface area contributed by atoms with E-state index in [1.165, 1.54) is 12.1 Å². The van der Waals surface area contributed by atoms with Crippen molar-refractivity contribution in [2.45, 2.75) is 6.92 Å². The molecule has 0 atom stereocenters. The highest BCUT2D eigenvalue weighted by Crippen LogP contribution is 2.24. The van der Waals surface area contributed by atoms with Crippen molar-refractivity contribution in [3.63, 3.8) is 0 Å². The Morgan fingerprint density at radius 2 is 1.72 bits per heavy atom. The van der Waals surface area contributed by atoms with Gasteiger partial charge in [0.05, 0.1) is 17.6 Å². The van der Waals surface area contributed by atoms with E-state index in [1.54, 1.807) is 24.4 Å². The number of benzene rings is 2. The first-order chi connectivity index (χ1) is 12.2. The zero-order chi connectivity index (χ0) is 17.6. The van der Waals surface area contributed by atoms with Gasteiger partial charge < -0.3 is 10.2 Å². The molecule has 4 nitrogen and oxygen atoms in total. The van der Waals surface area contributed by atoms with Gasteiger partial charge in [-0.2, -0.15) is 0 Å². The molecule has 0 radical (unpaired) electrons. The van der Waals surface area contributed by atoms with Crippen LogP contribution in [-0.4, -0.2) is 17.4 Å². The van der Waals surface area contributed by atoms with Gasteiger partial charge in [-0.1, -0.05) is 30.3 Å². The van der Waals surface area contributed by atoms with E-state index < -0.39 is 11.7 Å². The van der Waals surface area contributed by atoms with Gasteiger partial charge in [0, 0.05) is 12.2 Å². The first kappa shape index (κ1) is 16.6. The maximum Gasteiger partial charge on any atom is 0.274 e. The summed E-state index contributed by atoms with van der Waals surface area (Å²) in [4.78, 5) is 18.5. The first-order valence-corrected chi connectivity index (χ1v) is 8.03. The maximum absolute atomic E-state index is 13.6. The molecule has 0 aliphatic rings. The molecule has 1 aromatic heterocycles. The summed E-state index contributed by atoms with van der Waals surface area (Å²) in [6, 6.07) is 19.5. The van der Waals surface area contributed by atoms with E-state index in [1.807, 2.05) is 43.3 Å². The molecule has 1 heterocycles. The van der Waals surface area contributed by atoms with E-state index in [0.29, 0.717) is 0 Å². The molecule has 0 saturated carbocycles. The van der Waals surface area contributed by atoms with Crippen molar-refractivity contribution < 1.29 is 9.18 Å². The van der Waals surface area contributed by atoms with Crippen LogP contribution >= 0.6 is 0 Å². The highest BCUT2D eigenvalue weighted by molar-refractivity contribution is 6.03. The summed E-state index contributed by atoms with van der Waals surface area (Å²) >= 11 is 0. The van der Waals surface area contributed by atoms with Crippen LogP contribution in [0.4, 0.5) is 21.5 Å². The summed E-state index contributed by atoms with van der Waals surface area (Å²) in [6.07, 6.45) is 1.65. The number of amides is 1.